The van der Waals surface area contributed by atoms with Crippen LogP contribution in [-0.2, 0) is 4.79 Å². The van der Waals surface area contributed by atoms with E-state index >= 15 is 0 Å². The molecule has 0 radical (unpaired) electrons. The minimum atomic E-state index is -0.574. The molecule has 33 heavy (non-hydrogen) atoms. The molecule has 0 aliphatic heterocycles. The van der Waals surface area contributed by atoms with Gasteiger partial charge in [-0.05, 0) is 54.6 Å². The van der Waals surface area contributed by atoms with Crippen molar-refractivity contribution in [2.45, 2.75) is 0 Å². The third-order valence-electron chi connectivity index (χ3n) is 4.18. The van der Waals surface area contributed by atoms with Crippen molar-refractivity contribution in [2.75, 3.05) is 6.54 Å². The molecule has 2 amide bonds. The molecule has 0 heterocycles. The van der Waals surface area contributed by atoms with E-state index in [0.717, 1.165) is 0 Å². The summed E-state index contributed by atoms with van der Waals surface area (Å²) in [6.07, 6.45) is 1.32. The zero-order chi connectivity index (χ0) is 23.8. The Morgan fingerprint density at radius 1 is 1.00 bits per heavy atom. The van der Waals surface area contributed by atoms with E-state index in [-0.39, 0.29) is 22.9 Å². The predicted molar refractivity (Wildman–Crippen MR) is 130 cm³/mol. The molecule has 0 saturated heterocycles. The lowest BCUT2D eigenvalue weighted by Crippen LogP contribution is -2.35. The number of rotatable bonds is 7. The first-order valence-electron chi connectivity index (χ1n) is 9.45. The maximum atomic E-state index is 12.4. The van der Waals surface area contributed by atoms with Gasteiger partial charge in [-0.1, -0.05) is 51.3 Å². The van der Waals surface area contributed by atoms with Crippen LogP contribution in [0.5, 0.6) is 5.75 Å². The van der Waals surface area contributed by atoms with E-state index in [2.05, 4.69) is 31.8 Å². The molecular formula is C23H16BrCl2N3O4. The zero-order valence-corrected chi connectivity index (χ0v) is 19.9. The van der Waals surface area contributed by atoms with Crippen molar-refractivity contribution in [3.8, 4) is 5.75 Å². The number of benzene rings is 3. The van der Waals surface area contributed by atoms with Crippen LogP contribution in [0.4, 0.5) is 0 Å². The van der Waals surface area contributed by atoms with Crippen molar-refractivity contribution in [3.63, 3.8) is 0 Å². The highest BCUT2D eigenvalue weighted by atomic mass is 79.9. The summed E-state index contributed by atoms with van der Waals surface area (Å²) >= 11 is 15.1. The fourth-order valence-electron chi connectivity index (χ4n) is 2.57. The summed E-state index contributed by atoms with van der Waals surface area (Å²) in [4.78, 5) is 36.5. The molecule has 2 N–H and O–H groups in total. The van der Waals surface area contributed by atoms with Gasteiger partial charge < -0.3 is 10.1 Å². The van der Waals surface area contributed by atoms with Gasteiger partial charge in [-0.25, -0.2) is 10.2 Å². The zero-order valence-electron chi connectivity index (χ0n) is 16.8. The lowest BCUT2D eigenvalue weighted by atomic mass is 10.2. The van der Waals surface area contributed by atoms with Gasteiger partial charge in [0.05, 0.1) is 28.9 Å². The maximum absolute atomic E-state index is 12.4. The van der Waals surface area contributed by atoms with Crippen molar-refractivity contribution < 1.29 is 19.1 Å². The first-order chi connectivity index (χ1) is 15.8. The van der Waals surface area contributed by atoms with Crippen LogP contribution in [-0.4, -0.2) is 30.5 Å². The second-order valence-electron chi connectivity index (χ2n) is 6.53. The average Bonchev–Trinajstić information content (AvgIpc) is 2.80. The Kier molecular flexibility index (Phi) is 8.59. The third kappa shape index (κ3) is 7.15. The Morgan fingerprint density at radius 2 is 1.73 bits per heavy atom. The van der Waals surface area contributed by atoms with Gasteiger partial charge in [-0.3, -0.25) is 9.59 Å². The first-order valence-corrected chi connectivity index (χ1v) is 11.0. The second kappa shape index (κ2) is 11.6. The van der Waals surface area contributed by atoms with Crippen molar-refractivity contribution in [2.24, 2.45) is 5.10 Å². The second-order valence-corrected chi connectivity index (χ2v) is 8.29. The molecule has 168 valence electrons. The van der Waals surface area contributed by atoms with Gasteiger partial charge in [0.2, 0.25) is 0 Å². The number of nitrogens with one attached hydrogen (secondary N) is 2. The third-order valence-corrected chi connectivity index (χ3v) is 5.25. The Morgan fingerprint density at radius 3 is 2.45 bits per heavy atom. The van der Waals surface area contributed by atoms with Gasteiger partial charge in [0.15, 0.2) is 0 Å². The highest BCUT2D eigenvalue weighted by Crippen LogP contribution is 2.23. The summed E-state index contributed by atoms with van der Waals surface area (Å²) < 4.78 is 6.16. The molecule has 7 nitrogen and oxygen atoms in total. The number of halogens is 3. The fourth-order valence-corrected chi connectivity index (χ4v) is 3.30. The average molecular weight is 549 g/mol. The van der Waals surface area contributed by atoms with Crippen LogP contribution < -0.4 is 15.5 Å². The van der Waals surface area contributed by atoms with Gasteiger partial charge in [0.1, 0.15) is 5.75 Å². The van der Waals surface area contributed by atoms with Crippen LogP contribution in [0.15, 0.2) is 76.3 Å². The molecule has 10 heteroatoms. The van der Waals surface area contributed by atoms with Crippen molar-refractivity contribution in [3.05, 3.63) is 97.9 Å². The Labute approximate surface area is 207 Å². The largest absolute Gasteiger partial charge is 0.422 e. The van der Waals surface area contributed by atoms with Gasteiger partial charge in [0, 0.05) is 15.1 Å². The van der Waals surface area contributed by atoms with Gasteiger partial charge in [-0.2, -0.15) is 5.10 Å². The van der Waals surface area contributed by atoms with E-state index in [9.17, 15) is 14.4 Å². The van der Waals surface area contributed by atoms with Crippen LogP contribution in [0.25, 0.3) is 0 Å². The maximum Gasteiger partial charge on any atom is 0.343 e. The van der Waals surface area contributed by atoms with Gasteiger partial charge in [0.25, 0.3) is 11.8 Å². The van der Waals surface area contributed by atoms with Crippen molar-refractivity contribution in [1.29, 1.82) is 0 Å². The van der Waals surface area contributed by atoms with Crippen molar-refractivity contribution >= 4 is 63.1 Å². The standard InChI is InChI=1S/C23H16BrCl2N3O4/c24-16-7-10-20(33-23(32)14-5-8-17(25)9-6-14)15(11-16)12-28-29-21(30)13-27-22(31)18-3-1-2-4-19(18)26/h1-12H,13H2,(H,27,31)(H,29,30)/b28-12-. The number of hydrazone groups is 1. The molecule has 0 aliphatic carbocycles. The minimum Gasteiger partial charge on any atom is -0.422 e. The molecule has 3 rings (SSSR count). The van der Waals surface area contributed by atoms with Gasteiger partial charge in [-0.15, -0.1) is 0 Å². The normalized spacial score (nSPS) is 10.6. The van der Waals surface area contributed by atoms with E-state index in [1.807, 2.05) is 0 Å². The molecule has 0 bridgehead atoms. The molecule has 0 saturated carbocycles. The predicted octanol–water partition coefficient (Wildman–Crippen LogP) is 4.86. The van der Waals surface area contributed by atoms with Crippen LogP contribution in [0.2, 0.25) is 10.0 Å². The number of esters is 1. The summed E-state index contributed by atoms with van der Waals surface area (Å²) in [5.41, 5.74) is 3.33. The fraction of sp³-hybridized carbons (Fsp3) is 0.0435. The van der Waals surface area contributed by atoms with Gasteiger partial charge >= 0.3 is 5.97 Å². The summed E-state index contributed by atoms with van der Waals surface area (Å²) in [6, 6.07) is 17.7. The van der Waals surface area contributed by atoms with E-state index in [1.165, 1.54) is 6.21 Å². The molecule has 0 fully saturated rings. The molecule has 0 atom stereocenters. The Balaban J connectivity index is 1.60. The number of ether oxygens (including phenoxy) is 1. The van der Waals surface area contributed by atoms with E-state index in [4.69, 9.17) is 27.9 Å². The number of amides is 2. The summed E-state index contributed by atoms with van der Waals surface area (Å²) in [7, 11) is 0. The molecular weight excluding hydrogens is 533 g/mol. The molecule has 0 unspecified atom stereocenters. The lowest BCUT2D eigenvalue weighted by molar-refractivity contribution is -0.120. The van der Waals surface area contributed by atoms with E-state index < -0.39 is 17.8 Å². The smallest absolute Gasteiger partial charge is 0.343 e. The number of hydrogen-bond acceptors (Lipinski definition) is 5. The quantitative estimate of drug-likeness (QED) is 0.191. The minimum absolute atomic E-state index is 0.239. The van der Waals surface area contributed by atoms with Crippen LogP contribution in [0.3, 0.4) is 0 Å². The lowest BCUT2D eigenvalue weighted by Gasteiger charge is -2.08. The van der Waals surface area contributed by atoms with Crippen LogP contribution in [0.1, 0.15) is 26.3 Å². The molecule has 3 aromatic carbocycles. The van der Waals surface area contributed by atoms with E-state index in [1.54, 1.807) is 66.7 Å². The SMILES string of the molecule is O=C(CNC(=O)c1ccccc1Cl)N/N=C\c1cc(Br)ccc1OC(=O)c1ccc(Cl)cc1. The summed E-state index contributed by atoms with van der Waals surface area (Å²) in [6.45, 7) is -0.307. The number of nitrogens with zero attached hydrogens (tertiary/aromatic N) is 1. The molecule has 0 aromatic heterocycles. The molecule has 0 aliphatic rings. The number of hydrogen-bond donors (Lipinski definition) is 2. The topological polar surface area (TPSA) is 96.9 Å². The Hall–Kier alpha value is -3.20. The highest BCUT2D eigenvalue weighted by Gasteiger charge is 2.13. The molecule has 0 spiro atoms. The number of carbonyl (C=O) groups excluding carboxylic acids is 3. The monoisotopic (exact) mass is 547 g/mol. The van der Waals surface area contributed by atoms with E-state index in [0.29, 0.717) is 20.6 Å². The molecule has 3 aromatic rings. The van der Waals surface area contributed by atoms with Crippen molar-refractivity contribution in [1.82, 2.24) is 10.7 Å². The van der Waals surface area contributed by atoms with Crippen LogP contribution in [0, 0.1) is 0 Å². The summed E-state index contributed by atoms with van der Waals surface area (Å²) in [5, 5.41) is 7.12. The summed E-state index contributed by atoms with van der Waals surface area (Å²) in [5.74, 6) is -1.37. The number of carbonyl (C=O) groups is 3. The Bertz CT molecular complexity index is 1220. The highest BCUT2D eigenvalue weighted by molar-refractivity contribution is 9.10. The first kappa shape index (κ1) is 24.4. The van der Waals surface area contributed by atoms with Crippen LogP contribution >= 0.6 is 39.1 Å².